The quantitative estimate of drug-likeness (QED) is 0.879. The van der Waals surface area contributed by atoms with Crippen LogP contribution in [0, 0.1) is 24.2 Å². The largest absolute Gasteiger partial charge is 0.295 e. The number of aryl methyl sites for hydroxylation is 1. The summed E-state index contributed by atoms with van der Waals surface area (Å²) in [5.74, 6) is 0.770. The molecule has 0 atom stereocenters. The van der Waals surface area contributed by atoms with Crippen LogP contribution in [0.4, 0.5) is 0 Å². The zero-order chi connectivity index (χ0) is 13.0. The molecule has 0 heterocycles. The highest BCUT2D eigenvalue weighted by molar-refractivity contribution is 5.26. The first-order valence-electron chi connectivity index (χ1n) is 6.86. The minimum absolute atomic E-state index is 0.297. The van der Waals surface area contributed by atoms with Gasteiger partial charge in [0.05, 0.1) is 6.07 Å². The van der Waals surface area contributed by atoms with Crippen LogP contribution in [0.15, 0.2) is 24.3 Å². The number of nitriles is 1. The zero-order valence-corrected chi connectivity index (χ0v) is 11.4. The lowest BCUT2D eigenvalue weighted by Gasteiger charge is -2.34. The standard InChI is InChI=1S/C16H22N2/c1-13-7-9-16(12-17,10-8-13)18-11-15-6-4-3-5-14(15)2/h3-6,13,18H,7-11H2,1-2H3. The van der Waals surface area contributed by atoms with E-state index in [1.807, 2.05) is 0 Å². The van der Waals surface area contributed by atoms with Gasteiger partial charge in [-0.1, -0.05) is 31.2 Å². The predicted molar refractivity (Wildman–Crippen MR) is 74.0 cm³/mol. The second-order valence-electron chi connectivity index (χ2n) is 5.66. The summed E-state index contributed by atoms with van der Waals surface area (Å²) >= 11 is 0. The van der Waals surface area contributed by atoms with Crippen molar-refractivity contribution in [3.05, 3.63) is 35.4 Å². The summed E-state index contributed by atoms with van der Waals surface area (Å²) in [6, 6.07) is 10.9. The van der Waals surface area contributed by atoms with E-state index in [1.54, 1.807) is 0 Å². The molecule has 1 saturated carbocycles. The molecule has 1 aliphatic rings. The minimum Gasteiger partial charge on any atom is -0.295 e. The molecule has 1 aromatic carbocycles. The summed E-state index contributed by atoms with van der Waals surface area (Å²) in [4.78, 5) is 0. The molecule has 2 nitrogen and oxygen atoms in total. The number of benzene rings is 1. The first kappa shape index (κ1) is 13.1. The molecule has 1 aromatic rings. The molecule has 0 aliphatic heterocycles. The third kappa shape index (κ3) is 2.91. The fraction of sp³-hybridized carbons (Fsp3) is 0.562. The SMILES string of the molecule is Cc1ccccc1CNC1(C#N)CCC(C)CC1. The Morgan fingerprint density at radius 1 is 1.33 bits per heavy atom. The Hall–Kier alpha value is -1.33. The zero-order valence-electron chi connectivity index (χ0n) is 11.4. The second-order valence-corrected chi connectivity index (χ2v) is 5.66. The predicted octanol–water partition coefficient (Wildman–Crippen LogP) is 3.56. The lowest BCUT2D eigenvalue weighted by molar-refractivity contribution is 0.248. The Kier molecular flexibility index (Phi) is 4.04. The summed E-state index contributed by atoms with van der Waals surface area (Å²) in [6.07, 6.45) is 4.29. The first-order valence-corrected chi connectivity index (χ1v) is 6.86. The van der Waals surface area contributed by atoms with Crippen LogP contribution in [0.1, 0.15) is 43.7 Å². The van der Waals surface area contributed by atoms with Crippen LogP contribution in [-0.4, -0.2) is 5.54 Å². The Labute approximate surface area is 110 Å². The van der Waals surface area contributed by atoms with Gasteiger partial charge in [0.25, 0.3) is 0 Å². The Morgan fingerprint density at radius 3 is 2.61 bits per heavy atom. The van der Waals surface area contributed by atoms with Gasteiger partial charge in [0.1, 0.15) is 5.54 Å². The topological polar surface area (TPSA) is 35.8 Å². The monoisotopic (exact) mass is 242 g/mol. The van der Waals surface area contributed by atoms with Crippen LogP contribution in [0.3, 0.4) is 0 Å². The highest BCUT2D eigenvalue weighted by atomic mass is 15.0. The summed E-state index contributed by atoms with van der Waals surface area (Å²) < 4.78 is 0. The number of hydrogen-bond acceptors (Lipinski definition) is 2. The van der Waals surface area contributed by atoms with Gasteiger partial charge in [0.2, 0.25) is 0 Å². The fourth-order valence-electron chi connectivity index (χ4n) is 2.66. The molecule has 2 heteroatoms. The molecule has 1 N–H and O–H groups in total. The molecular formula is C16H22N2. The van der Waals surface area contributed by atoms with E-state index < -0.39 is 0 Å². The number of nitrogens with one attached hydrogen (secondary N) is 1. The van der Waals surface area contributed by atoms with E-state index in [9.17, 15) is 5.26 Å². The molecule has 2 rings (SSSR count). The van der Waals surface area contributed by atoms with E-state index in [-0.39, 0.29) is 5.54 Å². The van der Waals surface area contributed by atoms with Crippen LogP contribution in [0.5, 0.6) is 0 Å². The van der Waals surface area contributed by atoms with Crippen molar-refractivity contribution in [2.75, 3.05) is 0 Å². The van der Waals surface area contributed by atoms with Gasteiger partial charge in [-0.2, -0.15) is 5.26 Å². The summed E-state index contributed by atoms with van der Waals surface area (Å²) in [6.45, 7) is 5.20. The molecule has 1 fully saturated rings. The molecule has 96 valence electrons. The van der Waals surface area contributed by atoms with Crippen molar-refractivity contribution in [3.8, 4) is 6.07 Å². The highest BCUT2D eigenvalue weighted by Crippen LogP contribution is 2.31. The van der Waals surface area contributed by atoms with Crippen LogP contribution in [0.25, 0.3) is 0 Å². The van der Waals surface area contributed by atoms with Gasteiger partial charge in [0, 0.05) is 6.54 Å². The molecule has 0 aromatic heterocycles. The van der Waals surface area contributed by atoms with E-state index in [0.717, 1.165) is 38.1 Å². The van der Waals surface area contributed by atoms with Gasteiger partial charge >= 0.3 is 0 Å². The van der Waals surface area contributed by atoms with E-state index in [2.05, 4.69) is 49.5 Å². The van der Waals surface area contributed by atoms with Crippen LogP contribution in [-0.2, 0) is 6.54 Å². The van der Waals surface area contributed by atoms with Crippen molar-refractivity contribution in [2.45, 2.75) is 51.6 Å². The Balaban J connectivity index is 2.00. The second kappa shape index (κ2) is 5.54. The molecule has 0 unspecified atom stereocenters. The molecule has 0 radical (unpaired) electrons. The molecule has 0 bridgehead atoms. The molecule has 0 amide bonds. The minimum atomic E-state index is -0.297. The molecule has 0 spiro atoms. The number of rotatable bonds is 3. The van der Waals surface area contributed by atoms with Crippen molar-refractivity contribution in [1.29, 1.82) is 5.26 Å². The third-order valence-electron chi connectivity index (χ3n) is 4.22. The van der Waals surface area contributed by atoms with Crippen molar-refractivity contribution in [3.63, 3.8) is 0 Å². The normalized spacial score (nSPS) is 27.7. The maximum Gasteiger partial charge on any atom is 0.107 e. The van der Waals surface area contributed by atoms with E-state index in [4.69, 9.17) is 0 Å². The molecule has 0 saturated heterocycles. The summed E-state index contributed by atoms with van der Waals surface area (Å²) in [5, 5.41) is 13.0. The third-order valence-corrected chi connectivity index (χ3v) is 4.22. The Morgan fingerprint density at radius 2 is 2.00 bits per heavy atom. The van der Waals surface area contributed by atoms with Crippen LogP contribution >= 0.6 is 0 Å². The Bertz CT molecular complexity index is 437. The lowest BCUT2D eigenvalue weighted by Crippen LogP contribution is -2.46. The lowest BCUT2D eigenvalue weighted by atomic mass is 9.78. The summed E-state index contributed by atoms with van der Waals surface area (Å²) in [5.41, 5.74) is 2.29. The van der Waals surface area contributed by atoms with Gasteiger partial charge < -0.3 is 0 Å². The summed E-state index contributed by atoms with van der Waals surface area (Å²) in [7, 11) is 0. The average molecular weight is 242 g/mol. The number of nitrogens with zero attached hydrogens (tertiary/aromatic N) is 1. The van der Waals surface area contributed by atoms with Gasteiger partial charge in [-0.15, -0.1) is 0 Å². The number of hydrogen-bond donors (Lipinski definition) is 1. The van der Waals surface area contributed by atoms with Crippen LogP contribution in [0.2, 0.25) is 0 Å². The fourth-order valence-corrected chi connectivity index (χ4v) is 2.66. The van der Waals surface area contributed by atoms with Crippen molar-refractivity contribution >= 4 is 0 Å². The van der Waals surface area contributed by atoms with Gasteiger partial charge in [0.15, 0.2) is 0 Å². The van der Waals surface area contributed by atoms with E-state index in [0.29, 0.717) is 0 Å². The first-order chi connectivity index (χ1) is 8.65. The average Bonchev–Trinajstić information content (AvgIpc) is 2.40. The smallest absolute Gasteiger partial charge is 0.107 e. The maximum atomic E-state index is 9.46. The molecule has 1 aliphatic carbocycles. The molecular weight excluding hydrogens is 220 g/mol. The van der Waals surface area contributed by atoms with E-state index in [1.165, 1.54) is 11.1 Å². The maximum absolute atomic E-state index is 9.46. The van der Waals surface area contributed by atoms with E-state index >= 15 is 0 Å². The van der Waals surface area contributed by atoms with Crippen molar-refractivity contribution < 1.29 is 0 Å². The van der Waals surface area contributed by atoms with Crippen LogP contribution < -0.4 is 5.32 Å². The van der Waals surface area contributed by atoms with Crippen molar-refractivity contribution in [2.24, 2.45) is 5.92 Å². The van der Waals surface area contributed by atoms with Gasteiger partial charge in [-0.05, 0) is 49.7 Å². The molecule has 18 heavy (non-hydrogen) atoms. The van der Waals surface area contributed by atoms with Gasteiger partial charge in [-0.25, -0.2) is 0 Å². The highest BCUT2D eigenvalue weighted by Gasteiger charge is 2.33. The van der Waals surface area contributed by atoms with Crippen molar-refractivity contribution in [1.82, 2.24) is 5.32 Å². The van der Waals surface area contributed by atoms with Gasteiger partial charge in [-0.3, -0.25) is 5.32 Å².